The van der Waals surface area contributed by atoms with Crippen LogP contribution in [0.1, 0.15) is 16.9 Å². The lowest BCUT2D eigenvalue weighted by Gasteiger charge is -2.22. The van der Waals surface area contributed by atoms with E-state index in [1.54, 1.807) is 15.8 Å². The van der Waals surface area contributed by atoms with Crippen LogP contribution in [0.4, 0.5) is 0 Å². The molecule has 7 nitrogen and oxygen atoms in total. The van der Waals surface area contributed by atoms with E-state index >= 15 is 0 Å². The number of para-hydroxylation sites is 1. The number of hydrogen-bond donors (Lipinski definition) is 1. The average molecular weight is 337 g/mol. The SMILES string of the molecule is CN(C(=O)c1coc(-c2cnn(-c3ccccc3)c2)n1)[C@H]1CCNC1. The van der Waals surface area contributed by atoms with Gasteiger partial charge in [0, 0.05) is 25.8 Å². The summed E-state index contributed by atoms with van der Waals surface area (Å²) in [5, 5.41) is 7.59. The van der Waals surface area contributed by atoms with Crippen LogP contribution in [0.15, 0.2) is 53.4 Å². The maximum absolute atomic E-state index is 12.6. The van der Waals surface area contributed by atoms with Gasteiger partial charge in [0.15, 0.2) is 5.69 Å². The third-order valence-corrected chi connectivity index (χ3v) is 4.48. The molecule has 0 spiro atoms. The van der Waals surface area contributed by atoms with E-state index in [1.807, 2.05) is 43.6 Å². The molecular weight excluding hydrogens is 318 g/mol. The van der Waals surface area contributed by atoms with Crippen LogP contribution in [-0.4, -0.2) is 51.8 Å². The number of aromatic nitrogens is 3. The normalized spacial score (nSPS) is 16.9. The molecule has 1 N–H and O–H groups in total. The topological polar surface area (TPSA) is 76.2 Å². The van der Waals surface area contributed by atoms with Crippen molar-refractivity contribution in [3.05, 3.63) is 54.7 Å². The van der Waals surface area contributed by atoms with Gasteiger partial charge in [0.25, 0.3) is 5.91 Å². The van der Waals surface area contributed by atoms with Gasteiger partial charge in [0.2, 0.25) is 5.89 Å². The Kier molecular flexibility index (Phi) is 4.07. The summed E-state index contributed by atoms with van der Waals surface area (Å²) >= 11 is 0. The standard InChI is InChI=1S/C18H19N5O2/c1-22(15-7-8-19-10-15)18(24)16-12-25-17(21-16)13-9-20-23(11-13)14-5-3-2-4-6-14/h2-6,9,11-12,15,19H,7-8,10H2,1H3/t15-/m0/s1. The summed E-state index contributed by atoms with van der Waals surface area (Å²) in [6.07, 6.45) is 5.88. The first-order valence-electron chi connectivity index (χ1n) is 8.26. The van der Waals surface area contributed by atoms with Gasteiger partial charge in [0.05, 0.1) is 17.4 Å². The first kappa shape index (κ1) is 15.6. The molecule has 3 aromatic rings. The number of hydrogen-bond acceptors (Lipinski definition) is 5. The lowest BCUT2D eigenvalue weighted by atomic mass is 10.2. The summed E-state index contributed by atoms with van der Waals surface area (Å²) in [6.45, 7) is 1.75. The van der Waals surface area contributed by atoms with E-state index in [-0.39, 0.29) is 11.9 Å². The molecule has 1 aromatic carbocycles. The molecule has 1 saturated heterocycles. The molecule has 0 radical (unpaired) electrons. The van der Waals surface area contributed by atoms with E-state index in [9.17, 15) is 4.79 Å². The van der Waals surface area contributed by atoms with Gasteiger partial charge >= 0.3 is 0 Å². The van der Waals surface area contributed by atoms with E-state index in [4.69, 9.17) is 4.42 Å². The van der Waals surface area contributed by atoms with Crippen molar-refractivity contribution in [3.63, 3.8) is 0 Å². The molecular formula is C18H19N5O2. The van der Waals surface area contributed by atoms with Crippen LogP contribution in [-0.2, 0) is 0 Å². The Bertz CT molecular complexity index is 864. The Morgan fingerprint density at radius 3 is 2.96 bits per heavy atom. The van der Waals surface area contributed by atoms with E-state index < -0.39 is 0 Å². The quantitative estimate of drug-likeness (QED) is 0.787. The molecule has 4 rings (SSSR count). The second-order valence-corrected chi connectivity index (χ2v) is 6.11. The molecule has 128 valence electrons. The zero-order chi connectivity index (χ0) is 17.2. The number of carbonyl (C=O) groups is 1. The zero-order valence-electron chi connectivity index (χ0n) is 13.9. The van der Waals surface area contributed by atoms with Crippen LogP contribution in [0.3, 0.4) is 0 Å². The van der Waals surface area contributed by atoms with Gasteiger partial charge in [-0.05, 0) is 25.1 Å². The highest BCUT2D eigenvalue weighted by atomic mass is 16.3. The van der Waals surface area contributed by atoms with Gasteiger partial charge in [-0.15, -0.1) is 0 Å². The number of likely N-dealkylation sites (N-methyl/N-ethyl adjacent to an activating group) is 1. The van der Waals surface area contributed by atoms with Gasteiger partial charge in [-0.2, -0.15) is 5.10 Å². The molecule has 1 atom stereocenters. The Morgan fingerprint density at radius 1 is 1.36 bits per heavy atom. The minimum absolute atomic E-state index is 0.126. The van der Waals surface area contributed by atoms with Crippen molar-refractivity contribution in [2.75, 3.05) is 20.1 Å². The maximum Gasteiger partial charge on any atom is 0.275 e. The average Bonchev–Trinajstić information content (AvgIpc) is 3.42. The summed E-state index contributed by atoms with van der Waals surface area (Å²) in [5.41, 5.74) is 2.00. The van der Waals surface area contributed by atoms with Crippen molar-refractivity contribution in [1.82, 2.24) is 25.0 Å². The van der Waals surface area contributed by atoms with E-state index in [1.165, 1.54) is 6.26 Å². The third kappa shape index (κ3) is 3.06. The predicted molar refractivity (Wildman–Crippen MR) is 92.4 cm³/mol. The van der Waals surface area contributed by atoms with Crippen molar-refractivity contribution in [1.29, 1.82) is 0 Å². The van der Waals surface area contributed by atoms with Crippen molar-refractivity contribution in [3.8, 4) is 17.1 Å². The summed E-state index contributed by atoms with van der Waals surface area (Å²) in [5.74, 6) is 0.266. The first-order chi connectivity index (χ1) is 12.2. The molecule has 0 unspecified atom stereocenters. The van der Waals surface area contributed by atoms with Crippen LogP contribution >= 0.6 is 0 Å². The largest absolute Gasteiger partial charge is 0.444 e. The Hall–Kier alpha value is -2.93. The van der Waals surface area contributed by atoms with E-state index in [2.05, 4.69) is 15.4 Å². The number of nitrogens with one attached hydrogen (secondary N) is 1. The molecule has 3 heterocycles. The molecule has 1 amide bonds. The third-order valence-electron chi connectivity index (χ3n) is 4.48. The first-order valence-corrected chi connectivity index (χ1v) is 8.26. The lowest BCUT2D eigenvalue weighted by Crippen LogP contribution is -2.38. The highest BCUT2D eigenvalue weighted by Gasteiger charge is 2.26. The summed E-state index contributed by atoms with van der Waals surface area (Å²) in [7, 11) is 1.81. The fraction of sp³-hybridized carbons (Fsp3) is 0.278. The fourth-order valence-electron chi connectivity index (χ4n) is 2.98. The van der Waals surface area contributed by atoms with Crippen LogP contribution in [0.25, 0.3) is 17.1 Å². The molecule has 0 bridgehead atoms. The summed E-state index contributed by atoms with van der Waals surface area (Å²) in [4.78, 5) is 18.6. The number of benzene rings is 1. The van der Waals surface area contributed by atoms with Crippen LogP contribution in [0.2, 0.25) is 0 Å². The van der Waals surface area contributed by atoms with Crippen LogP contribution in [0.5, 0.6) is 0 Å². The predicted octanol–water partition coefficient (Wildman–Crippen LogP) is 1.96. The molecule has 0 aliphatic carbocycles. The number of amides is 1. The highest BCUT2D eigenvalue weighted by Crippen LogP contribution is 2.21. The number of carbonyl (C=O) groups excluding carboxylic acids is 1. The van der Waals surface area contributed by atoms with Gasteiger partial charge in [0.1, 0.15) is 6.26 Å². The van der Waals surface area contributed by atoms with Gasteiger partial charge < -0.3 is 14.6 Å². The van der Waals surface area contributed by atoms with Crippen molar-refractivity contribution >= 4 is 5.91 Å². The minimum Gasteiger partial charge on any atom is -0.444 e. The molecule has 2 aromatic heterocycles. The van der Waals surface area contributed by atoms with Crippen molar-refractivity contribution in [2.24, 2.45) is 0 Å². The number of nitrogens with zero attached hydrogens (tertiary/aromatic N) is 4. The fourth-order valence-corrected chi connectivity index (χ4v) is 2.98. The van der Waals surface area contributed by atoms with Gasteiger partial charge in [-0.1, -0.05) is 18.2 Å². The Balaban J connectivity index is 1.53. The lowest BCUT2D eigenvalue weighted by molar-refractivity contribution is 0.0738. The second kappa shape index (κ2) is 6.52. The van der Waals surface area contributed by atoms with Crippen LogP contribution in [0, 0.1) is 0 Å². The second-order valence-electron chi connectivity index (χ2n) is 6.11. The van der Waals surface area contributed by atoms with Gasteiger partial charge in [-0.3, -0.25) is 4.79 Å². The zero-order valence-corrected chi connectivity index (χ0v) is 13.9. The number of rotatable bonds is 4. The Morgan fingerprint density at radius 2 is 2.20 bits per heavy atom. The van der Waals surface area contributed by atoms with Crippen LogP contribution < -0.4 is 5.32 Å². The number of oxazole rings is 1. The van der Waals surface area contributed by atoms with E-state index in [0.29, 0.717) is 11.6 Å². The van der Waals surface area contributed by atoms with Gasteiger partial charge in [-0.25, -0.2) is 9.67 Å². The summed E-state index contributed by atoms with van der Waals surface area (Å²) in [6, 6.07) is 9.99. The molecule has 1 aliphatic heterocycles. The summed E-state index contributed by atoms with van der Waals surface area (Å²) < 4.78 is 7.25. The monoisotopic (exact) mass is 337 g/mol. The van der Waals surface area contributed by atoms with Crippen molar-refractivity contribution in [2.45, 2.75) is 12.5 Å². The molecule has 25 heavy (non-hydrogen) atoms. The molecule has 1 aliphatic rings. The Labute approximate surface area is 145 Å². The molecule has 1 fully saturated rings. The maximum atomic E-state index is 12.6. The smallest absolute Gasteiger partial charge is 0.275 e. The molecule has 7 heteroatoms. The van der Waals surface area contributed by atoms with E-state index in [0.717, 1.165) is 30.8 Å². The minimum atomic E-state index is -0.126. The highest BCUT2D eigenvalue weighted by molar-refractivity contribution is 5.92. The molecule has 0 saturated carbocycles. The van der Waals surface area contributed by atoms with Crippen molar-refractivity contribution < 1.29 is 9.21 Å².